The zero-order valence-corrected chi connectivity index (χ0v) is 69.0. The predicted molar refractivity (Wildman–Crippen MR) is 418 cm³/mol. The fourth-order valence-electron chi connectivity index (χ4n) is 12.7. The Hall–Kier alpha value is -1.94. The van der Waals surface area contributed by atoms with Gasteiger partial charge in [-0.2, -0.15) is 0 Å². The zero-order chi connectivity index (χ0) is 75.3. The first-order valence-electron chi connectivity index (χ1n) is 42.8. The molecule has 0 heterocycles. The molecule has 17 nitrogen and oxygen atoms in total. The van der Waals surface area contributed by atoms with Crippen molar-refractivity contribution >= 4 is 39.5 Å². The van der Waals surface area contributed by atoms with Gasteiger partial charge in [0.25, 0.3) is 0 Å². The fraction of sp³-hybridized carbons (Fsp3) is 0.952. The summed E-state index contributed by atoms with van der Waals surface area (Å²) in [4.78, 5) is 73.0. The summed E-state index contributed by atoms with van der Waals surface area (Å²) in [7, 11) is -9.92. The minimum atomic E-state index is -4.96. The number of rotatable bonds is 80. The Labute approximate surface area is 626 Å². The van der Waals surface area contributed by atoms with Gasteiger partial charge in [0.05, 0.1) is 26.4 Å². The van der Waals surface area contributed by atoms with Crippen molar-refractivity contribution < 1.29 is 80.2 Å². The number of unbranched alkanes of at least 4 members (excludes halogenated alkanes) is 44. The lowest BCUT2D eigenvalue weighted by molar-refractivity contribution is -0.161. The second-order valence-electron chi connectivity index (χ2n) is 31.3. The third-order valence-electron chi connectivity index (χ3n) is 20.0. The van der Waals surface area contributed by atoms with Crippen molar-refractivity contribution in [1.82, 2.24) is 0 Å². The molecule has 0 fully saturated rings. The van der Waals surface area contributed by atoms with Gasteiger partial charge in [-0.05, 0) is 49.4 Å². The van der Waals surface area contributed by atoms with Gasteiger partial charge in [0.2, 0.25) is 0 Å². The van der Waals surface area contributed by atoms with E-state index in [1.54, 1.807) is 0 Å². The first-order chi connectivity index (χ1) is 49.2. The quantitative estimate of drug-likeness (QED) is 0.0222. The first kappa shape index (κ1) is 100. The Kier molecular flexibility index (Phi) is 70.6. The number of hydrogen-bond donors (Lipinski definition) is 3. The smallest absolute Gasteiger partial charge is 0.462 e. The summed E-state index contributed by atoms with van der Waals surface area (Å²) in [5, 5.41) is 10.6. The highest BCUT2D eigenvalue weighted by molar-refractivity contribution is 7.47. The first-order valence-corrected chi connectivity index (χ1v) is 45.8. The van der Waals surface area contributed by atoms with Crippen LogP contribution in [-0.4, -0.2) is 96.7 Å². The normalized spacial score (nSPS) is 14.5. The van der Waals surface area contributed by atoms with Gasteiger partial charge in [-0.15, -0.1) is 0 Å². The van der Waals surface area contributed by atoms with E-state index in [-0.39, 0.29) is 25.7 Å². The summed E-state index contributed by atoms with van der Waals surface area (Å²) in [5.74, 6) is 1.02. The monoisotopic (exact) mass is 1490 g/mol. The molecular weight excluding hydrogens is 1330 g/mol. The van der Waals surface area contributed by atoms with Crippen LogP contribution in [-0.2, 0) is 65.4 Å². The Balaban J connectivity index is 5.15. The third-order valence-corrected chi connectivity index (χ3v) is 21.9. The molecule has 0 aliphatic heterocycles. The van der Waals surface area contributed by atoms with Crippen LogP contribution in [0.2, 0.25) is 0 Å². The number of phosphoric ester groups is 2. The van der Waals surface area contributed by atoms with Gasteiger partial charge in [-0.1, -0.05) is 376 Å². The van der Waals surface area contributed by atoms with E-state index in [2.05, 4.69) is 55.4 Å². The van der Waals surface area contributed by atoms with E-state index in [9.17, 15) is 43.2 Å². The van der Waals surface area contributed by atoms with Gasteiger partial charge in [0, 0.05) is 25.7 Å². The molecule has 19 heteroatoms. The maximum atomic E-state index is 13.1. The molecule has 0 aromatic carbocycles. The summed E-state index contributed by atoms with van der Waals surface area (Å²) < 4.78 is 68.7. The van der Waals surface area contributed by atoms with Crippen LogP contribution in [0, 0.1) is 23.7 Å². The Bertz CT molecular complexity index is 1990. The average Bonchev–Trinajstić information content (AvgIpc) is 0.907. The summed E-state index contributed by atoms with van der Waals surface area (Å²) in [6.07, 6.45) is 59.9. The molecule has 0 spiro atoms. The number of aliphatic hydroxyl groups excluding tert-OH is 1. The molecule has 0 aliphatic carbocycles. The molecule has 0 saturated heterocycles. The largest absolute Gasteiger partial charge is 0.472 e. The number of aliphatic hydroxyl groups is 1. The van der Waals surface area contributed by atoms with Crippen molar-refractivity contribution in [3.05, 3.63) is 0 Å². The second kappa shape index (κ2) is 72.0. The van der Waals surface area contributed by atoms with Crippen LogP contribution in [0.15, 0.2) is 0 Å². The van der Waals surface area contributed by atoms with E-state index < -0.39 is 97.5 Å². The minimum absolute atomic E-state index is 0.105. The van der Waals surface area contributed by atoms with Crippen LogP contribution < -0.4 is 0 Å². The topological polar surface area (TPSA) is 237 Å². The van der Waals surface area contributed by atoms with E-state index in [1.165, 1.54) is 225 Å². The number of carbonyl (C=O) groups excluding carboxylic acids is 4. The van der Waals surface area contributed by atoms with Crippen molar-refractivity contribution in [1.29, 1.82) is 0 Å². The molecule has 4 unspecified atom stereocenters. The van der Waals surface area contributed by atoms with Gasteiger partial charge in [-0.25, -0.2) is 9.13 Å². The molecule has 102 heavy (non-hydrogen) atoms. The molecule has 0 aromatic rings. The van der Waals surface area contributed by atoms with Crippen LogP contribution in [0.25, 0.3) is 0 Å². The fourth-order valence-corrected chi connectivity index (χ4v) is 14.3. The van der Waals surface area contributed by atoms with Crippen molar-refractivity contribution in [3.8, 4) is 0 Å². The van der Waals surface area contributed by atoms with Gasteiger partial charge < -0.3 is 33.8 Å². The number of hydrogen-bond acceptors (Lipinski definition) is 15. The van der Waals surface area contributed by atoms with Gasteiger partial charge >= 0.3 is 39.5 Å². The summed E-state index contributed by atoms with van der Waals surface area (Å²) in [6, 6.07) is 0. The van der Waals surface area contributed by atoms with E-state index >= 15 is 0 Å². The van der Waals surface area contributed by atoms with Crippen molar-refractivity contribution in [2.24, 2.45) is 23.7 Å². The number of carbonyl (C=O) groups is 4. The van der Waals surface area contributed by atoms with E-state index in [0.29, 0.717) is 31.6 Å². The summed E-state index contributed by atoms with van der Waals surface area (Å²) in [5.41, 5.74) is 0. The molecule has 0 amide bonds. The number of phosphoric acid groups is 2. The molecule has 7 atom stereocenters. The lowest BCUT2D eigenvalue weighted by Crippen LogP contribution is -2.30. The maximum absolute atomic E-state index is 13.1. The summed E-state index contributed by atoms with van der Waals surface area (Å²) >= 11 is 0. The SMILES string of the molecule is CCC(C)CCCCCCCCCCCCCCCCCCCCC(=O)O[C@H](COC(=O)CCCCCCCCC(C)CC)COP(=O)(O)OC[C@H](O)COP(=O)(O)OC[C@@H](COC(=O)CCCCCCCCCCCCCCCCCCC(C)C)OC(=O)CCCCCCCCCCC(C)C. The molecule has 0 aromatic heterocycles. The van der Waals surface area contributed by atoms with Crippen molar-refractivity contribution in [2.75, 3.05) is 39.6 Å². The van der Waals surface area contributed by atoms with E-state index in [0.717, 1.165) is 114 Å². The van der Waals surface area contributed by atoms with Crippen LogP contribution in [0.3, 0.4) is 0 Å². The Morgan fingerprint density at radius 2 is 0.471 bits per heavy atom. The molecule has 0 aliphatic rings. The van der Waals surface area contributed by atoms with E-state index in [1.807, 2.05) is 0 Å². The van der Waals surface area contributed by atoms with Gasteiger partial charge in [-0.3, -0.25) is 37.3 Å². The number of ether oxygens (including phenoxy) is 4. The molecule has 606 valence electrons. The summed E-state index contributed by atoms with van der Waals surface area (Å²) in [6.45, 7) is 14.3. The van der Waals surface area contributed by atoms with Crippen LogP contribution in [0.4, 0.5) is 0 Å². The average molecular weight is 1490 g/mol. The number of esters is 4. The molecule has 0 radical (unpaired) electrons. The van der Waals surface area contributed by atoms with Crippen LogP contribution in [0.1, 0.15) is 428 Å². The standard InChI is InChI=1S/C83H162O17P2/c1-9-75(7)61-53-45-37-30-26-22-18-13-11-12-14-20-24-28-32-39-49-57-65-82(87)99-79(70-94-81(86)64-56-48-42-41-46-54-62-76(8)10-2)72-98-102(91,92)96-68-77(84)67-95-101(89,90)97-71-78(100-83(88)66-58-50-40-34-33-36-44-52-60-74(5)6)69-93-80(85)63-55-47-38-31-27-23-19-16-15-17-21-25-29-35-43-51-59-73(3)4/h73-79,84H,9-72H2,1-8H3,(H,89,90)(H,91,92)/t75?,76?,77-,78-,79-/m1/s1. The van der Waals surface area contributed by atoms with Crippen molar-refractivity contribution in [2.45, 2.75) is 446 Å². The lowest BCUT2D eigenvalue weighted by Gasteiger charge is -2.21. The van der Waals surface area contributed by atoms with Crippen molar-refractivity contribution in [3.63, 3.8) is 0 Å². The minimum Gasteiger partial charge on any atom is -0.462 e. The van der Waals surface area contributed by atoms with Gasteiger partial charge in [0.15, 0.2) is 12.2 Å². The predicted octanol–water partition coefficient (Wildman–Crippen LogP) is 24.8. The Morgan fingerprint density at radius 1 is 0.275 bits per heavy atom. The van der Waals surface area contributed by atoms with E-state index in [4.69, 9.17) is 37.0 Å². The molecule has 0 saturated carbocycles. The highest BCUT2D eigenvalue weighted by atomic mass is 31.2. The maximum Gasteiger partial charge on any atom is 0.472 e. The molecule has 3 N–H and O–H groups in total. The Morgan fingerprint density at radius 3 is 0.696 bits per heavy atom. The third kappa shape index (κ3) is 73.6. The van der Waals surface area contributed by atoms with Gasteiger partial charge in [0.1, 0.15) is 19.3 Å². The lowest BCUT2D eigenvalue weighted by atomic mass is 9.99. The highest BCUT2D eigenvalue weighted by Crippen LogP contribution is 2.45. The van der Waals surface area contributed by atoms with Crippen LogP contribution in [0.5, 0.6) is 0 Å². The molecular formula is C83H162O17P2. The molecule has 0 bridgehead atoms. The second-order valence-corrected chi connectivity index (χ2v) is 34.2. The zero-order valence-electron chi connectivity index (χ0n) is 67.2. The van der Waals surface area contributed by atoms with Crippen LogP contribution >= 0.6 is 15.6 Å². The molecule has 0 rings (SSSR count). The highest BCUT2D eigenvalue weighted by Gasteiger charge is 2.30.